The van der Waals surface area contributed by atoms with Crippen molar-refractivity contribution in [1.82, 2.24) is 15.3 Å². The van der Waals surface area contributed by atoms with Crippen LogP contribution in [0.2, 0.25) is 0 Å². The summed E-state index contributed by atoms with van der Waals surface area (Å²) < 4.78 is 6.20. The Morgan fingerprint density at radius 2 is 2.00 bits per heavy atom. The lowest BCUT2D eigenvalue weighted by Gasteiger charge is -2.23. The summed E-state index contributed by atoms with van der Waals surface area (Å²) in [5.74, 6) is 1.32. The molecule has 132 valence electrons. The lowest BCUT2D eigenvalue weighted by molar-refractivity contribution is -0.0340. The summed E-state index contributed by atoms with van der Waals surface area (Å²) >= 11 is 0. The van der Waals surface area contributed by atoms with E-state index in [2.05, 4.69) is 34.4 Å². The molecule has 1 aliphatic heterocycles. The highest BCUT2D eigenvalue weighted by atomic mass is 16.5. The monoisotopic (exact) mass is 332 g/mol. The predicted molar refractivity (Wildman–Crippen MR) is 92.9 cm³/mol. The van der Waals surface area contributed by atoms with Gasteiger partial charge in [-0.05, 0) is 31.6 Å². The number of ether oxygens (including phenoxy) is 1. The Balaban J connectivity index is 1.41. The van der Waals surface area contributed by atoms with E-state index in [1.54, 1.807) is 12.4 Å². The number of urea groups is 1. The van der Waals surface area contributed by atoms with Crippen molar-refractivity contribution in [2.45, 2.75) is 70.5 Å². The van der Waals surface area contributed by atoms with Gasteiger partial charge in [0, 0.05) is 13.0 Å². The van der Waals surface area contributed by atoms with Crippen LogP contribution in [0.4, 0.5) is 10.5 Å². The fraction of sp³-hybridized carbons (Fsp3) is 0.722. The molecular weight excluding hydrogens is 304 g/mol. The molecule has 1 spiro atoms. The lowest BCUT2D eigenvalue weighted by atomic mass is 9.98. The van der Waals surface area contributed by atoms with Crippen LogP contribution in [0.3, 0.4) is 0 Å². The topological polar surface area (TPSA) is 76.1 Å². The minimum atomic E-state index is -0.230. The minimum Gasteiger partial charge on any atom is -0.370 e. The molecule has 0 radical (unpaired) electrons. The molecule has 0 aromatic carbocycles. The van der Waals surface area contributed by atoms with Crippen LogP contribution in [0.25, 0.3) is 0 Å². The van der Waals surface area contributed by atoms with Crippen LogP contribution in [0.1, 0.15) is 58.2 Å². The van der Waals surface area contributed by atoms with Gasteiger partial charge in [0.05, 0.1) is 29.8 Å². The highest BCUT2D eigenvalue weighted by Gasteiger charge is 2.41. The van der Waals surface area contributed by atoms with Crippen LogP contribution in [0.15, 0.2) is 12.4 Å². The van der Waals surface area contributed by atoms with E-state index in [-0.39, 0.29) is 17.7 Å². The summed E-state index contributed by atoms with van der Waals surface area (Å²) in [6.45, 7) is 4.81. The average molecular weight is 332 g/mol. The molecule has 6 heteroatoms. The zero-order chi connectivity index (χ0) is 17.0. The highest BCUT2D eigenvalue weighted by molar-refractivity contribution is 5.88. The van der Waals surface area contributed by atoms with Crippen molar-refractivity contribution in [3.05, 3.63) is 18.2 Å². The first-order valence-corrected chi connectivity index (χ1v) is 9.08. The third-order valence-electron chi connectivity index (χ3n) is 4.90. The van der Waals surface area contributed by atoms with Gasteiger partial charge in [0.2, 0.25) is 0 Å². The number of nitrogens with one attached hydrogen (secondary N) is 2. The van der Waals surface area contributed by atoms with Gasteiger partial charge in [0.1, 0.15) is 5.82 Å². The first-order valence-electron chi connectivity index (χ1n) is 9.08. The second kappa shape index (κ2) is 7.47. The van der Waals surface area contributed by atoms with Gasteiger partial charge < -0.3 is 15.4 Å². The van der Waals surface area contributed by atoms with Gasteiger partial charge in [-0.2, -0.15) is 0 Å². The van der Waals surface area contributed by atoms with Crippen LogP contribution in [0.5, 0.6) is 0 Å². The second-order valence-electron chi connectivity index (χ2n) is 7.49. The number of rotatable bonds is 5. The second-order valence-corrected chi connectivity index (χ2v) is 7.49. The third-order valence-corrected chi connectivity index (χ3v) is 4.90. The zero-order valence-electron chi connectivity index (χ0n) is 14.7. The Bertz CT molecular complexity index is 553. The number of aromatic nitrogens is 2. The summed E-state index contributed by atoms with van der Waals surface area (Å²) in [6.07, 6.45) is 11.4. The maximum atomic E-state index is 12.0. The third kappa shape index (κ3) is 4.44. The summed E-state index contributed by atoms with van der Waals surface area (Å²) in [5.41, 5.74) is 0.725. The van der Waals surface area contributed by atoms with Crippen LogP contribution in [0, 0.1) is 5.92 Å². The van der Waals surface area contributed by atoms with Crippen LogP contribution in [-0.2, 0) is 11.2 Å². The van der Waals surface area contributed by atoms with E-state index in [0.717, 1.165) is 25.1 Å². The summed E-state index contributed by atoms with van der Waals surface area (Å²) in [7, 11) is 0. The van der Waals surface area contributed by atoms with Crippen molar-refractivity contribution in [3.8, 4) is 0 Å². The smallest absolute Gasteiger partial charge is 0.319 e. The average Bonchev–Trinajstić information content (AvgIpc) is 3.17. The molecule has 1 aromatic heterocycles. The first kappa shape index (κ1) is 17.1. The van der Waals surface area contributed by atoms with Crippen LogP contribution >= 0.6 is 0 Å². The van der Waals surface area contributed by atoms with Gasteiger partial charge in [-0.1, -0.05) is 26.7 Å². The zero-order valence-corrected chi connectivity index (χ0v) is 14.7. The normalized spacial score (nSPS) is 22.2. The van der Waals surface area contributed by atoms with Crippen molar-refractivity contribution in [2.75, 3.05) is 11.9 Å². The van der Waals surface area contributed by atoms with E-state index in [9.17, 15) is 4.79 Å². The first-order chi connectivity index (χ1) is 11.5. The molecule has 6 nitrogen and oxygen atoms in total. The lowest BCUT2D eigenvalue weighted by Crippen LogP contribution is -2.36. The molecular formula is C18H28N4O2. The predicted octanol–water partition coefficient (Wildman–Crippen LogP) is 3.29. The molecule has 1 saturated heterocycles. The van der Waals surface area contributed by atoms with Crippen LogP contribution < -0.4 is 10.6 Å². The van der Waals surface area contributed by atoms with E-state index in [4.69, 9.17) is 4.74 Å². The van der Waals surface area contributed by atoms with Crippen molar-refractivity contribution in [3.63, 3.8) is 0 Å². The van der Waals surface area contributed by atoms with E-state index in [1.807, 2.05) is 0 Å². The Labute approximate surface area is 143 Å². The molecule has 2 heterocycles. The van der Waals surface area contributed by atoms with Gasteiger partial charge >= 0.3 is 6.03 Å². The number of anilines is 1. The summed E-state index contributed by atoms with van der Waals surface area (Å²) in [6, 6.07) is -0.230. The Kier molecular flexibility index (Phi) is 5.33. The molecule has 1 aliphatic carbocycles. The van der Waals surface area contributed by atoms with Crippen molar-refractivity contribution in [2.24, 2.45) is 5.92 Å². The van der Waals surface area contributed by atoms with Gasteiger partial charge in [-0.3, -0.25) is 0 Å². The maximum absolute atomic E-state index is 12.0. The molecule has 2 aliphatic rings. The van der Waals surface area contributed by atoms with Crippen LogP contribution in [-0.4, -0.2) is 34.2 Å². The van der Waals surface area contributed by atoms with Gasteiger partial charge in [0.15, 0.2) is 0 Å². The SMILES string of the molecule is CC(C)Cc1ncc(NC(=O)NCC2CCC3(CCCC3)O2)cn1. The minimum absolute atomic E-state index is 0.114. The molecule has 1 atom stereocenters. The van der Waals surface area contributed by atoms with Crippen molar-refractivity contribution < 1.29 is 9.53 Å². The number of hydrogen-bond donors (Lipinski definition) is 2. The number of carbonyl (C=O) groups excluding carboxylic acids is 1. The van der Waals surface area contributed by atoms with E-state index in [0.29, 0.717) is 18.2 Å². The number of amides is 2. The number of nitrogens with zero attached hydrogens (tertiary/aromatic N) is 2. The van der Waals surface area contributed by atoms with Crippen molar-refractivity contribution in [1.29, 1.82) is 0 Å². The molecule has 2 amide bonds. The van der Waals surface area contributed by atoms with E-state index in [1.165, 1.54) is 25.7 Å². The molecule has 1 unspecified atom stereocenters. The van der Waals surface area contributed by atoms with E-state index < -0.39 is 0 Å². The summed E-state index contributed by atoms with van der Waals surface area (Å²) in [5, 5.41) is 5.67. The van der Waals surface area contributed by atoms with Crippen molar-refractivity contribution >= 4 is 11.7 Å². The molecule has 2 fully saturated rings. The Hall–Kier alpha value is -1.69. The van der Waals surface area contributed by atoms with Gasteiger partial charge in [-0.25, -0.2) is 14.8 Å². The quantitative estimate of drug-likeness (QED) is 0.867. The fourth-order valence-corrected chi connectivity index (χ4v) is 3.70. The maximum Gasteiger partial charge on any atom is 0.319 e. The molecule has 1 aromatic rings. The molecule has 24 heavy (non-hydrogen) atoms. The van der Waals surface area contributed by atoms with Gasteiger partial charge in [0.25, 0.3) is 0 Å². The molecule has 2 N–H and O–H groups in total. The largest absolute Gasteiger partial charge is 0.370 e. The van der Waals surface area contributed by atoms with E-state index >= 15 is 0 Å². The number of carbonyl (C=O) groups is 1. The highest BCUT2D eigenvalue weighted by Crippen LogP contribution is 2.43. The molecule has 1 saturated carbocycles. The fourth-order valence-electron chi connectivity index (χ4n) is 3.70. The van der Waals surface area contributed by atoms with Gasteiger partial charge in [-0.15, -0.1) is 0 Å². The standard InChI is InChI=1S/C18H28N4O2/c1-13(2)9-16-19-10-14(11-20-16)22-17(23)21-12-15-5-8-18(24-15)6-3-4-7-18/h10-11,13,15H,3-9,12H2,1-2H3,(H2,21,22,23). The number of hydrogen-bond acceptors (Lipinski definition) is 4. The molecule has 3 rings (SSSR count). The summed E-state index contributed by atoms with van der Waals surface area (Å²) in [4.78, 5) is 20.6. The molecule has 0 bridgehead atoms. The Morgan fingerprint density at radius 1 is 1.29 bits per heavy atom. The Morgan fingerprint density at radius 3 is 2.67 bits per heavy atom.